The predicted molar refractivity (Wildman–Crippen MR) is 102 cm³/mol. The van der Waals surface area contributed by atoms with Crippen molar-refractivity contribution in [1.82, 2.24) is 0 Å². The Hall–Kier alpha value is -2.52. The van der Waals surface area contributed by atoms with Gasteiger partial charge in [0.1, 0.15) is 10.7 Å². The van der Waals surface area contributed by atoms with Gasteiger partial charge in [-0.05, 0) is 42.8 Å². The molecule has 1 N–H and O–H groups in total. The first-order valence-corrected chi connectivity index (χ1v) is 10.9. The molecule has 0 radical (unpaired) electrons. The highest BCUT2D eigenvalue weighted by Gasteiger charge is 2.48. The van der Waals surface area contributed by atoms with Gasteiger partial charge in [-0.3, -0.25) is 9.59 Å². The summed E-state index contributed by atoms with van der Waals surface area (Å²) in [7, 11) is -3.97. The molecule has 2 aromatic rings. The Kier molecular flexibility index (Phi) is 3.54. The summed E-state index contributed by atoms with van der Waals surface area (Å²) in [5.41, 5.74) is 0.964. The van der Waals surface area contributed by atoms with E-state index in [1.165, 1.54) is 17.4 Å². The number of amides is 1. The van der Waals surface area contributed by atoms with E-state index in [4.69, 9.17) is 0 Å². The van der Waals surface area contributed by atoms with Gasteiger partial charge in [-0.1, -0.05) is 12.1 Å². The van der Waals surface area contributed by atoms with Gasteiger partial charge in [0.25, 0.3) is 10.0 Å². The van der Waals surface area contributed by atoms with Gasteiger partial charge < -0.3 is 10.2 Å². The van der Waals surface area contributed by atoms with E-state index in [9.17, 15) is 18.0 Å². The van der Waals surface area contributed by atoms with E-state index in [0.717, 1.165) is 19.3 Å². The predicted octanol–water partition coefficient (Wildman–Crippen LogP) is 2.66. The van der Waals surface area contributed by atoms with Crippen molar-refractivity contribution in [2.24, 2.45) is 10.3 Å². The topological polar surface area (TPSA) is 95.9 Å². The fraction of sp³-hybridized carbons (Fsp3) is 0.278. The number of carbonyl (C=O) groups is 2. The number of benzene rings is 1. The van der Waals surface area contributed by atoms with Crippen molar-refractivity contribution >= 4 is 50.3 Å². The number of para-hydroxylation sites is 1. The third-order valence-corrected chi connectivity index (χ3v) is 7.50. The number of rotatable bonds is 2. The van der Waals surface area contributed by atoms with Crippen molar-refractivity contribution < 1.29 is 18.0 Å². The van der Waals surface area contributed by atoms with E-state index in [-0.39, 0.29) is 16.8 Å². The zero-order chi connectivity index (χ0) is 18.8. The number of Topliss-reactive ketones (excluding diaryl/α,β-unsaturated/α-hetero) is 1. The molecule has 2 aliphatic heterocycles. The Labute approximate surface area is 159 Å². The molecule has 1 aliphatic carbocycles. The summed E-state index contributed by atoms with van der Waals surface area (Å²) < 4.78 is 28.9. The Morgan fingerprint density at radius 1 is 1.15 bits per heavy atom. The van der Waals surface area contributed by atoms with Crippen molar-refractivity contribution in [2.45, 2.75) is 30.2 Å². The smallest absolute Gasteiger partial charge is 0.286 e. The summed E-state index contributed by atoms with van der Waals surface area (Å²) in [4.78, 5) is 28.5. The summed E-state index contributed by atoms with van der Waals surface area (Å²) in [5, 5.41) is 4.69. The van der Waals surface area contributed by atoms with Gasteiger partial charge >= 0.3 is 0 Å². The van der Waals surface area contributed by atoms with Crippen LogP contribution in [0.5, 0.6) is 0 Å². The second-order valence-electron chi connectivity index (χ2n) is 6.80. The Bertz CT molecular complexity index is 1120. The normalized spacial score (nSPS) is 23.8. The molecule has 1 fully saturated rings. The lowest BCUT2D eigenvalue weighted by Crippen LogP contribution is -2.55. The second kappa shape index (κ2) is 5.74. The van der Waals surface area contributed by atoms with Gasteiger partial charge in [0.2, 0.25) is 5.91 Å². The molecule has 138 valence electrons. The summed E-state index contributed by atoms with van der Waals surface area (Å²) in [6, 6.07) is 8.17. The molecule has 7 nitrogen and oxygen atoms in total. The number of carbonyl (C=O) groups excluding carboxylic acids is 2. The first-order valence-electron chi connectivity index (χ1n) is 8.63. The molecule has 3 aliphatic rings. The number of hydrogen-bond donors (Lipinski definition) is 1. The maximum Gasteiger partial charge on any atom is 0.286 e. The molecular weight excluding hydrogens is 386 g/mol. The van der Waals surface area contributed by atoms with Crippen LogP contribution in [0.1, 0.15) is 28.9 Å². The molecule has 0 saturated heterocycles. The molecule has 9 heteroatoms. The summed E-state index contributed by atoms with van der Waals surface area (Å²) >= 11 is 1.27. The van der Waals surface area contributed by atoms with Crippen molar-refractivity contribution in [3.63, 3.8) is 0 Å². The van der Waals surface area contributed by atoms with Crippen molar-refractivity contribution in [3.05, 3.63) is 40.6 Å². The summed E-state index contributed by atoms with van der Waals surface area (Å²) in [6.45, 7) is 0. The highest BCUT2D eigenvalue weighted by molar-refractivity contribution is 7.90. The number of nitrogens with one attached hydrogen (secondary N) is 1. The van der Waals surface area contributed by atoms with Gasteiger partial charge in [-0.25, -0.2) is 0 Å². The molecule has 3 heterocycles. The largest absolute Gasteiger partial charge is 0.341 e. The maximum atomic E-state index is 13.2. The van der Waals surface area contributed by atoms with E-state index >= 15 is 0 Å². The molecule has 1 aromatic heterocycles. The summed E-state index contributed by atoms with van der Waals surface area (Å²) in [5.74, 6) is -2.19. The van der Waals surface area contributed by atoms with E-state index in [2.05, 4.69) is 9.71 Å². The van der Waals surface area contributed by atoms with Crippen LogP contribution < -0.4 is 10.2 Å². The number of amidine groups is 1. The minimum atomic E-state index is -3.97. The van der Waals surface area contributed by atoms with Gasteiger partial charge in [-0.2, -0.15) is 8.42 Å². The first kappa shape index (κ1) is 16.6. The lowest BCUT2D eigenvalue weighted by Gasteiger charge is -2.41. The summed E-state index contributed by atoms with van der Waals surface area (Å²) in [6.07, 6.45) is 2.79. The van der Waals surface area contributed by atoms with Crippen molar-refractivity contribution in [3.8, 4) is 0 Å². The van der Waals surface area contributed by atoms with Crippen LogP contribution in [0.3, 0.4) is 0 Å². The Morgan fingerprint density at radius 3 is 2.67 bits per heavy atom. The highest BCUT2D eigenvalue weighted by atomic mass is 32.2. The molecular formula is C18H15N3O4S2. The minimum absolute atomic E-state index is 0.0390. The van der Waals surface area contributed by atoms with Crippen LogP contribution in [0.15, 0.2) is 45.0 Å². The number of hydrogen-bond acceptors (Lipinski definition) is 6. The fourth-order valence-corrected chi connectivity index (χ4v) is 5.71. The number of anilines is 2. The molecule has 1 aromatic carbocycles. The van der Waals surface area contributed by atoms with E-state index in [0.29, 0.717) is 16.3 Å². The number of ketones is 1. The number of fused-ring (bicyclic) bond motifs is 2. The van der Waals surface area contributed by atoms with E-state index < -0.39 is 27.6 Å². The maximum absolute atomic E-state index is 13.2. The molecule has 1 unspecified atom stereocenters. The fourth-order valence-electron chi connectivity index (χ4n) is 3.70. The molecule has 0 spiro atoms. The molecule has 1 saturated carbocycles. The number of sulfonamides is 1. The van der Waals surface area contributed by atoms with Crippen LogP contribution in [0.25, 0.3) is 0 Å². The van der Waals surface area contributed by atoms with Crippen molar-refractivity contribution in [1.29, 1.82) is 0 Å². The van der Waals surface area contributed by atoms with Crippen LogP contribution in [-0.4, -0.2) is 32.0 Å². The molecule has 0 bridgehead atoms. The van der Waals surface area contributed by atoms with Crippen LogP contribution in [-0.2, 0) is 14.8 Å². The minimum Gasteiger partial charge on any atom is -0.341 e. The van der Waals surface area contributed by atoms with E-state index in [1.54, 1.807) is 34.5 Å². The first-order chi connectivity index (χ1) is 13.0. The van der Waals surface area contributed by atoms with Crippen LogP contribution in [0.2, 0.25) is 0 Å². The third-order valence-electron chi connectivity index (χ3n) is 5.23. The third kappa shape index (κ3) is 2.38. The molecule has 27 heavy (non-hydrogen) atoms. The van der Waals surface area contributed by atoms with Crippen molar-refractivity contribution in [2.75, 3.05) is 10.2 Å². The average Bonchev–Trinajstić information content (AvgIpc) is 3.06. The SMILES string of the molecule is O=C1c2sccc2N(C2CCC2)C(=O)C1C1=NS(=O)(=O)c2ccccc2N1. The Balaban J connectivity index is 1.62. The monoisotopic (exact) mass is 401 g/mol. The zero-order valence-electron chi connectivity index (χ0n) is 14.1. The average molecular weight is 401 g/mol. The van der Waals surface area contributed by atoms with Gasteiger partial charge in [0, 0.05) is 6.04 Å². The second-order valence-corrected chi connectivity index (χ2v) is 9.29. The number of nitrogens with zero attached hydrogens (tertiary/aromatic N) is 2. The highest BCUT2D eigenvalue weighted by Crippen LogP contribution is 2.41. The zero-order valence-corrected chi connectivity index (χ0v) is 15.7. The Morgan fingerprint density at radius 2 is 1.93 bits per heavy atom. The van der Waals surface area contributed by atoms with Crippen LogP contribution in [0.4, 0.5) is 11.4 Å². The van der Waals surface area contributed by atoms with Gasteiger partial charge in [0.05, 0.1) is 16.3 Å². The van der Waals surface area contributed by atoms with Crippen LogP contribution >= 0.6 is 11.3 Å². The quantitative estimate of drug-likeness (QED) is 0.781. The van der Waals surface area contributed by atoms with E-state index in [1.807, 2.05) is 0 Å². The molecule has 1 amide bonds. The lowest BCUT2D eigenvalue weighted by molar-refractivity contribution is -0.120. The lowest BCUT2D eigenvalue weighted by atomic mass is 9.86. The standard InChI is InChI=1S/C18H15N3O4S2/c22-15-14(17-19-11-6-1-2-7-13(11)27(24,25)20-17)18(23)21(10-4-3-5-10)12-8-9-26-16(12)15/h1-2,6-10,14H,3-5H2,(H,19,20). The van der Waals surface area contributed by atoms with Gasteiger partial charge in [-0.15, -0.1) is 15.7 Å². The molecule has 1 atom stereocenters. The van der Waals surface area contributed by atoms with Crippen LogP contribution in [0, 0.1) is 5.92 Å². The number of thiophene rings is 1. The van der Waals surface area contributed by atoms with Gasteiger partial charge in [0.15, 0.2) is 11.7 Å². The molecule has 5 rings (SSSR count).